The molecule has 0 fully saturated rings. The van der Waals surface area contributed by atoms with Crippen LogP contribution in [-0.2, 0) is 0 Å². The molecule has 0 aliphatic heterocycles. The highest BCUT2D eigenvalue weighted by molar-refractivity contribution is 5.88. The van der Waals surface area contributed by atoms with E-state index in [1.807, 2.05) is 0 Å². The number of ether oxygens (including phenoxy) is 1. The highest BCUT2D eigenvalue weighted by Crippen LogP contribution is 2.32. The molecule has 2 rings (SSSR count). The maximum absolute atomic E-state index is 10.9. The average Bonchev–Trinajstić information content (AvgIpc) is 2.47. The smallest absolute Gasteiger partial charge is 0.335 e. The van der Waals surface area contributed by atoms with Crippen molar-refractivity contribution in [2.24, 2.45) is 0 Å². The van der Waals surface area contributed by atoms with Gasteiger partial charge < -0.3 is 9.84 Å². The van der Waals surface area contributed by atoms with Gasteiger partial charge in [0.15, 0.2) is 0 Å². The fraction of sp³-hybridized carbons (Fsp3) is 0. The molecule has 1 N–H and O–H groups in total. The van der Waals surface area contributed by atoms with Crippen molar-refractivity contribution in [3.05, 3.63) is 63.7 Å². The van der Waals surface area contributed by atoms with Crippen molar-refractivity contribution in [1.29, 1.82) is 5.26 Å². The molecule has 0 radical (unpaired) electrons. The fourth-order valence-electron chi connectivity index (χ4n) is 1.65. The SMILES string of the molecule is N#Cc1cc(C(=O)O)ccc1Oc1ccccc1[N+](=O)[O-]. The van der Waals surface area contributed by atoms with E-state index in [0.29, 0.717) is 0 Å². The van der Waals surface area contributed by atoms with E-state index in [0.717, 1.165) is 6.07 Å². The van der Waals surface area contributed by atoms with Crippen LogP contribution in [0.5, 0.6) is 11.5 Å². The van der Waals surface area contributed by atoms with Gasteiger partial charge in [-0.2, -0.15) is 5.26 Å². The zero-order valence-corrected chi connectivity index (χ0v) is 10.5. The van der Waals surface area contributed by atoms with Crippen molar-refractivity contribution in [3.8, 4) is 17.6 Å². The van der Waals surface area contributed by atoms with Crippen LogP contribution in [-0.4, -0.2) is 16.0 Å². The quantitative estimate of drug-likeness (QED) is 0.682. The molecule has 0 aliphatic carbocycles. The first-order valence-electron chi connectivity index (χ1n) is 5.71. The number of carbonyl (C=O) groups is 1. The number of para-hydroxylation sites is 2. The van der Waals surface area contributed by atoms with Crippen LogP contribution in [0.15, 0.2) is 42.5 Å². The summed E-state index contributed by atoms with van der Waals surface area (Å²) in [6.45, 7) is 0. The highest BCUT2D eigenvalue weighted by Gasteiger charge is 2.17. The zero-order valence-electron chi connectivity index (χ0n) is 10.5. The lowest BCUT2D eigenvalue weighted by Gasteiger charge is -2.08. The molecule has 2 aromatic rings. The molecule has 0 amide bonds. The van der Waals surface area contributed by atoms with Gasteiger partial charge in [-0.25, -0.2) is 4.79 Å². The summed E-state index contributed by atoms with van der Waals surface area (Å²) in [6, 6.07) is 11.2. The molecule has 7 heteroatoms. The third-order valence-electron chi connectivity index (χ3n) is 2.63. The standard InChI is InChI=1S/C14H8N2O5/c15-8-10-7-9(14(17)18)5-6-12(10)21-13-4-2-1-3-11(13)16(19)20/h1-7H,(H,17,18). The second-order valence-electron chi connectivity index (χ2n) is 3.95. The predicted octanol–water partition coefficient (Wildman–Crippen LogP) is 2.96. The van der Waals surface area contributed by atoms with Gasteiger partial charge in [0.1, 0.15) is 11.8 Å². The first-order valence-corrected chi connectivity index (χ1v) is 5.71. The van der Waals surface area contributed by atoms with Crippen LogP contribution < -0.4 is 4.74 Å². The van der Waals surface area contributed by atoms with Gasteiger partial charge in [-0.3, -0.25) is 10.1 Å². The van der Waals surface area contributed by atoms with Gasteiger partial charge in [0.05, 0.1) is 16.1 Å². The van der Waals surface area contributed by atoms with E-state index in [-0.39, 0.29) is 28.3 Å². The van der Waals surface area contributed by atoms with Gasteiger partial charge in [0, 0.05) is 6.07 Å². The molecule has 0 spiro atoms. The second-order valence-corrected chi connectivity index (χ2v) is 3.95. The molecule has 104 valence electrons. The number of nitrogens with zero attached hydrogens (tertiary/aromatic N) is 2. The van der Waals surface area contributed by atoms with Crippen LogP contribution in [0.25, 0.3) is 0 Å². The number of hydrogen-bond acceptors (Lipinski definition) is 5. The van der Waals surface area contributed by atoms with Crippen molar-refractivity contribution >= 4 is 11.7 Å². The van der Waals surface area contributed by atoms with Crippen LogP contribution in [0.4, 0.5) is 5.69 Å². The number of benzene rings is 2. The summed E-state index contributed by atoms with van der Waals surface area (Å²) < 4.78 is 5.37. The number of rotatable bonds is 4. The number of carboxylic acid groups (broad SMARTS) is 1. The maximum Gasteiger partial charge on any atom is 0.335 e. The van der Waals surface area contributed by atoms with Gasteiger partial charge in [-0.05, 0) is 24.3 Å². The van der Waals surface area contributed by atoms with Crippen LogP contribution in [0, 0.1) is 21.4 Å². The van der Waals surface area contributed by atoms with Crippen LogP contribution in [0.3, 0.4) is 0 Å². The first-order chi connectivity index (χ1) is 10.0. The largest absolute Gasteiger partial charge is 0.478 e. The van der Waals surface area contributed by atoms with Crippen molar-refractivity contribution in [2.75, 3.05) is 0 Å². The van der Waals surface area contributed by atoms with Crippen molar-refractivity contribution in [1.82, 2.24) is 0 Å². The van der Waals surface area contributed by atoms with Gasteiger partial charge >= 0.3 is 11.7 Å². The monoisotopic (exact) mass is 284 g/mol. The molecule has 0 saturated carbocycles. The molecule has 0 aromatic heterocycles. The summed E-state index contributed by atoms with van der Waals surface area (Å²) in [4.78, 5) is 21.1. The Morgan fingerprint density at radius 3 is 2.57 bits per heavy atom. The lowest BCUT2D eigenvalue weighted by molar-refractivity contribution is -0.385. The molecular weight excluding hydrogens is 276 g/mol. The van der Waals surface area contributed by atoms with E-state index >= 15 is 0 Å². The summed E-state index contributed by atoms with van der Waals surface area (Å²) in [5.74, 6) is -1.15. The van der Waals surface area contributed by atoms with Crippen LogP contribution in [0.1, 0.15) is 15.9 Å². The average molecular weight is 284 g/mol. The Kier molecular flexibility index (Phi) is 3.81. The van der Waals surface area contributed by atoms with E-state index in [9.17, 15) is 14.9 Å². The number of nitro groups is 1. The third-order valence-corrected chi connectivity index (χ3v) is 2.63. The Balaban J connectivity index is 2.43. The minimum Gasteiger partial charge on any atom is -0.478 e. The van der Waals surface area contributed by atoms with Crippen LogP contribution in [0.2, 0.25) is 0 Å². The van der Waals surface area contributed by atoms with Crippen molar-refractivity contribution < 1.29 is 19.6 Å². The van der Waals surface area contributed by atoms with E-state index in [4.69, 9.17) is 15.1 Å². The lowest BCUT2D eigenvalue weighted by Crippen LogP contribution is -1.99. The van der Waals surface area contributed by atoms with Gasteiger partial charge in [-0.1, -0.05) is 12.1 Å². The van der Waals surface area contributed by atoms with Crippen molar-refractivity contribution in [3.63, 3.8) is 0 Å². The Hall–Kier alpha value is -3.40. The molecule has 0 aliphatic rings. The zero-order chi connectivity index (χ0) is 15.4. The number of nitro benzene ring substituents is 1. The summed E-state index contributed by atoms with van der Waals surface area (Å²) in [5.41, 5.74) is -0.335. The van der Waals surface area contributed by atoms with Crippen molar-refractivity contribution in [2.45, 2.75) is 0 Å². The van der Waals surface area contributed by atoms with Gasteiger partial charge in [-0.15, -0.1) is 0 Å². The minimum atomic E-state index is -1.18. The lowest BCUT2D eigenvalue weighted by atomic mass is 10.1. The number of nitriles is 1. The first kappa shape index (κ1) is 14.0. The number of aromatic carboxylic acids is 1. The molecule has 0 bridgehead atoms. The number of hydrogen-bond donors (Lipinski definition) is 1. The molecule has 0 atom stereocenters. The van der Waals surface area contributed by atoms with E-state index in [2.05, 4.69) is 0 Å². The molecule has 7 nitrogen and oxygen atoms in total. The molecular formula is C14H8N2O5. The van der Waals surface area contributed by atoms with E-state index < -0.39 is 10.9 Å². The Bertz CT molecular complexity index is 764. The van der Waals surface area contributed by atoms with Gasteiger partial charge in [0.25, 0.3) is 0 Å². The van der Waals surface area contributed by atoms with Crippen LogP contribution >= 0.6 is 0 Å². The van der Waals surface area contributed by atoms with E-state index in [1.54, 1.807) is 12.1 Å². The second kappa shape index (κ2) is 5.71. The molecule has 0 heterocycles. The summed E-state index contributed by atoms with van der Waals surface area (Å²) >= 11 is 0. The summed E-state index contributed by atoms with van der Waals surface area (Å²) in [6.07, 6.45) is 0. The predicted molar refractivity (Wildman–Crippen MR) is 71.3 cm³/mol. The molecule has 21 heavy (non-hydrogen) atoms. The summed E-state index contributed by atoms with van der Waals surface area (Å²) in [7, 11) is 0. The Labute approximate surface area is 118 Å². The Morgan fingerprint density at radius 1 is 1.24 bits per heavy atom. The Morgan fingerprint density at radius 2 is 1.95 bits per heavy atom. The molecule has 2 aromatic carbocycles. The summed E-state index contributed by atoms with van der Waals surface area (Å²) in [5, 5.41) is 28.8. The molecule has 0 saturated heterocycles. The minimum absolute atomic E-state index is 0.0203. The highest BCUT2D eigenvalue weighted by atomic mass is 16.6. The topological polar surface area (TPSA) is 113 Å². The number of carboxylic acids is 1. The third kappa shape index (κ3) is 2.96. The fourth-order valence-corrected chi connectivity index (χ4v) is 1.65. The maximum atomic E-state index is 10.9. The molecule has 0 unspecified atom stereocenters. The van der Waals surface area contributed by atoms with Gasteiger partial charge in [0.2, 0.25) is 5.75 Å². The van der Waals surface area contributed by atoms with E-state index in [1.165, 1.54) is 30.3 Å². The normalized spacial score (nSPS) is 9.67.